The third-order valence-electron chi connectivity index (χ3n) is 5.87. The molecular weight excluding hydrogens is 356 g/mol. The van der Waals surface area contributed by atoms with Crippen molar-refractivity contribution in [2.45, 2.75) is 74.9 Å². The van der Waals surface area contributed by atoms with Crippen LogP contribution >= 0.6 is 0 Å². The molecule has 26 heavy (non-hydrogen) atoms. The van der Waals surface area contributed by atoms with Crippen molar-refractivity contribution in [2.75, 3.05) is 6.61 Å². The smallest absolute Gasteiger partial charge is 0.495 e. The molecule has 0 amide bonds. The van der Waals surface area contributed by atoms with Gasteiger partial charge < -0.3 is 14.2 Å². The van der Waals surface area contributed by atoms with E-state index in [0.717, 1.165) is 19.3 Å². The van der Waals surface area contributed by atoms with Gasteiger partial charge in [0.05, 0.1) is 12.7 Å². The van der Waals surface area contributed by atoms with Crippen LogP contribution in [-0.4, -0.2) is 35.8 Å². The van der Waals surface area contributed by atoms with Gasteiger partial charge in [0.25, 0.3) is 0 Å². The van der Waals surface area contributed by atoms with E-state index in [0.29, 0.717) is 31.1 Å². The van der Waals surface area contributed by atoms with E-state index in [4.69, 9.17) is 9.47 Å². The van der Waals surface area contributed by atoms with Crippen LogP contribution in [0.3, 0.4) is 0 Å². The van der Waals surface area contributed by atoms with Gasteiger partial charge in [0.1, 0.15) is 17.8 Å². The summed E-state index contributed by atoms with van der Waals surface area (Å²) in [7, 11) is 0. The fraction of sp³-hybridized carbons (Fsp3) is 0.833. The zero-order valence-electron chi connectivity index (χ0n) is 14.7. The summed E-state index contributed by atoms with van der Waals surface area (Å²) in [6.45, 7) is 2.93. The van der Waals surface area contributed by atoms with E-state index >= 15 is 0 Å². The van der Waals surface area contributed by atoms with Gasteiger partial charge in [-0.15, -0.1) is 0 Å². The number of hydrogen-bond donors (Lipinski definition) is 0. The summed E-state index contributed by atoms with van der Waals surface area (Å²) >= 11 is 0. The van der Waals surface area contributed by atoms with Gasteiger partial charge in [0, 0.05) is 13.3 Å². The second-order valence-corrected chi connectivity index (χ2v) is 8.15. The largest absolute Gasteiger partial charge is 0.508 e. The second-order valence-electron chi connectivity index (χ2n) is 8.15. The third kappa shape index (κ3) is 3.64. The molecular formula is C18H24F4O4. The first-order valence-corrected chi connectivity index (χ1v) is 8.88. The summed E-state index contributed by atoms with van der Waals surface area (Å²) < 4.78 is 68.0. The highest BCUT2D eigenvalue weighted by molar-refractivity contribution is 5.60. The molecule has 0 aromatic rings. The monoisotopic (exact) mass is 380 g/mol. The first kappa shape index (κ1) is 19.3. The molecule has 0 aliphatic heterocycles. The zero-order valence-corrected chi connectivity index (χ0v) is 14.7. The predicted octanol–water partition coefficient (Wildman–Crippen LogP) is 5.07. The molecule has 4 bridgehead atoms. The van der Waals surface area contributed by atoms with Gasteiger partial charge in [-0.25, -0.2) is 13.6 Å². The lowest BCUT2D eigenvalue weighted by atomic mass is 9.52. The minimum atomic E-state index is -4.24. The van der Waals surface area contributed by atoms with Crippen LogP contribution < -0.4 is 0 Å². The maximum Gasteiger partial charge on any atom is 0.508 e. The van der Waals surface area contributed by atoms with Gasteiger partial charge in [-0.2, -0.15) is 8.78 Å². The van der Waals surface area contributed by atoms with E-state index in [1.165, 1.54) is 6.26 Å². The van der Waals surface area contributed by atoms with Crippen LogP contribution in [0.4, 0.5) is 22.4 Å². The molecule has 8 heteroatoms. The standard InChI is InChI=1S/C18H24F4O4/c1-3-25-16-7-12-6-13(8-16)10-17(9-12,11-16)26-14(23)24-5-4-18(21,22)15(2,19)20/h3,12-13H,1,4-11H2,2H3. The maximum atomic E-state index is 13.2. The number of halogens is 4. The summed E-state index contributed by atoms with van der Waals surface area (Å²) in [4.78, 5) is 12.0. The lowest BCUT2D eigenvalue weighted by Gasteiger charge is -2.59. The number of ether oxygens (including phenoxy) is 3. The van der Waals surface area contributed by atoms with E-state index < -0.39 is 42.2 Å². The molecule has 2 atom stereocenters. The Morgan fingerprint density at radius 2 is 1.73 bits per heavy atom. The summed E-state index contributed by atoms with van der Waals surface area (Å²) in [5.41, 5.74) is -1.13. The summed E-state index contributed by atoms with van der Waals surface area (Å²) in [5.74, 6) is -7.68. The number of alkyl halides is 4. The van der Waals surface area contributed by atoms with Gasteiger partial charge in [-0.3, -0.25) is 0 Å². The minimum absolute atomic E-state index is 0.139. The third-order valence-corrected chi connectivity index (χ3v) is 5.87. The number of carbonyl (C=O) groups excluding carboxylic acids is 1. The molecule has 0 spiro atoms. The molecule has 0 heterocycles. The van der Waals surface area contributed by atoms with Crippen molar-refractivity contribution >= 4 is 6.16 Å². The molecule has 4 aliphatic carbocycles. The average Bonchev–Trinajstić information content (AvgIpc) is 2.43. The van der Waals surface area contributed by atoms with Crippen LogP contribution in [0.2, 0.25) is 0 Å². The average molecular weight is 380 g/mol. The molecule has 0 radical (unpaired) electrons. The highest BCUT2D eigenvalue weighted by Gasteiger charge is 2.61. The fourth-order valence-electron chi connectivity index (χ4n) is 5.22. The van der Waals surface area contributed by atoms with Crippen LogP contribution in [0.25, 0.3) is 0 Å². The molecule has 4 fully saturated rings. The van der Waals surface area contributed by atoms with E-state index in [9.17, 15) is 22.4 Å². The Bertz CT molecular complexity index is 558. The van der Waals surface area contributed by atoms with E-state index in [1.807, 2.05) is 0 Å². The first-order chi connectivity index (χ1) is 12.0. The van der Waals surface area contributed by atoms with Crippen LogP contribution in [0, 0.1) is 11.8 Å². The first-order valence-electron chi connectivity index (χ1n) is 8.88. The maximum absolute atomic E-state index is 13.2. The molecule has 148 valence electrons. The van der Waals surface area contributed by atoms with Gasteiger partial charge in [0.15, 0.2) is 0 Å². The van der Waals surface area contributed by atoms with E-state index in [1.54, 1.807) is 0 Å². The fourth-order valence-corrected chi connectivity index (χ4v) is 5.22. The molecule has 4 rings (SSSR count). The number of carbonyl (C=O) groups is 1. The van der Waals surface area contributed by atoms with Crippen molar-refractivity contribution < 1.29 is 36.6 Å². The van der Waals surface area contributed by atoms with Crippen molar-refractivity contribution in [3.8, 4) is 0 Å². The molecule has 0 saturated heterocycles. The highest BCUT2D eigenvalue weighted by atomic mass is 19.3. The zero-order chi connectivity index (χ0) is 19.2. The number of rotatable bonds is 7. The van der Waals surface area contributed by atoms with E-state index in [-0.39, 0.29) is 6.92 Å². The van der Waals surface area contributed by atoms with Gasteiger partial charge in [0.2, 0.25) is 0 Å². The topological polar surface area (TPSA) is 44.8 Å². The Labute approximate surface area is 149 Å². The lowest BCUT2D eigenvalue weighted by molar-refractivity contribution is -0.214. The summed E-state index contributed by atoms with van der Waals surface area (Å²) in [6.07, 6.45) is 3.77. The van der Waals surface area contributed by atoms with E-state index in [2.05, 4.69) is 11.3 Å². The van der Waals surface area contributed by atoms with Crippen molar-refractivity contribution in [1.29, 1.82) is 0 Å². The molecule has 0 N–H and O–H groups in total. The number of hydrogen-bond acceptors (Lipinski definition) is 4. The Balaban J connectivity index is 1.57. The van der Waals surface area contributed by atoms with Gasteiger partial charge in [-0.05, 0) is 43.9 Å². The lowest BCUT2D eigenvalue weighted by Crippen LogP contribution is -2.61. The molecule has 0 aromatic carbocycles. The summed E-state index contributed by atoms with van der Waals surface area (Å²) in [6, 6.07) is 0. The van der Waals surface area contributed by atoms with Gasteiger partial charge >= 0.3 is 18.0 Å². The SMILES string of the molecule is C=COC12CC3CC(C1)CC(OC(=O)OCCC(F)(F)C(C)(F)F)(C3)C2. The highest BCUT2D eigenvalue weighted by Crippen LogP contribution is 2.60. The Morgan fingerprint density at radius 1 is 1.15 bits per heavy atom. The van der Waals surface area contributed by atoms with Crippen molar-refractivity contribution in [2.24, 2.45) is 11.8 Å². The van der Waals surface area contributed by atoms with Crippen molar-refractivity contribution in [3.63, 3.8) is 0 Å². The van der Waals surface area contributed by atoms with Gasteiger partial charge in [-0.1, -0.05) is 6.58 Å². The predicted molar refractivity (Wildman–Crippen MR) is 84.0 cm³/mol. The summed E-state index contributed by atoms with van der Waals surface area (Å²) in [5, 5.41) is 0. The Kier molecular flexibility index (Phi) is 4.68. The van der Waals surface area contributed by atoms with Crippen LogP contribution in [-0.2, 0) is 14.2 Å². The minimum Gasteiger partial charge on any atom is -0.495 e. The van der Waals surface area contributed by atoms with Crippen molar-refractivity contribution in [1.82, 2.24) is 0 Å². The van der Waals surface area contributed by atoms with Crippen LogP contribution in [0.15, 0.2) is 12.8 Å². The molecule has 2 unspecified atom stereocenters. The Hall–Kier alpha value is -1.47. The molecule has 4 aliphatic rings. The van der Waals surface area contributed by atoms with Crippen LogP contribution in [0.1, 0.15) is 51.9 Å². The van der Waals surface area contributed by atoms with Crippen LogP contribution in [0.5, 0.6) is 0 Å². The Morgan fingerprint density at radius 3 is 2.27 bits per heavy atom. The van der Waals surface area contributed by atoms with Crippen molar-refractivity contribution in [3.05, 3.63) is 12.8 Å². The quantitative estimate of drug-likeness (QED) is 0.351. The normalized spacial score (nSPS) is 35.9. The molecule has 0 aromatic heterocycles. The molecule has 4 nitrogen and oxygen atoms in total. The second kappa shape index (κ2) is 6.30. The molecule has 4 saturated carbocycles.